The number of aryl methyl sites for hydroxylation is 1. The van der Waals surface area contributed by atoms with Crippen molar-refractivity contribution in [2.24, 2.45) is 11.8 Å². The van der Waals surface area contributed by atoms with E-state index >= 15 is 0 Å². The van der Waals surface area contributed by atoms with Gasteiger partial charge in [-0.15, -0.1) is 11.3 Å². The third-order valence-electron chi connectivity index (χ3n) is 6.67. The van der Waals surface area contributed by atoms with Gasteiger partial charge in [-0.2, -0.15) is 0 Å². The molecule has 2 saturated heterocycles. The molecule has 2 amide bonds. The fraction of sp³-hybridized carbons (Fsp3) is 0.542. The number of rotatable bonds is 4. The second kappa shape index (κ2) is 9.47. The molecule has 2 aromatic rings. The number of hydrogen-bond acceptors (Lipinski definition) is 4. The number of likely N-dealkylation sites (tertiary alicyclic amines) is 2. The largest absolute Gasteiger partial charge is 0.342 e. The van der Waals surface area contributed by atoms with Crippen molar-refractivity contribution in [3.05, 3.63) is 40.7 Å². The molecule has 1 aromatic heterocycles. The zero-order chi connectivity index (χ0) is 22.0. The Hall–Kier alpha value is -2.28. The van der Waals surface area contributed by atoms with E-state index in [1.807, 2.05) is 16.7 Å². The van der Waals surface area contributed by atoms with Gasteiger partial charge in [0.2, 0.25) is 5.91 Å². The molecule has 2 fully saturated rings. The number of halogens is 1. The Balaban J connectivity index is 1.37. The number of thiazole rings is 1. The molecule has 0 saturated carbocycles. The fourth-order valence-electron chi connectivity index (χ4n) is 4.66. The first-order chi connectivity index (χ1) is 14.9. The molecule has 0 radical (unpaired) electrons. The van der Waals surface area contributed by atoms with Crippen LogP contribution in [0.2, 0.25) is 0 Å². The van der Waals surface area contributed by atoms with Crippen molar-refractivity contribution < 1.29 is 14.0 Å². The molecular weight excluding hydrogens is 413 g/mol. The highest BCUT2D eigenvalue weighted by atomic mass is 32.1. The normalized spacial score (nSPS) is 18.8. The molecule has 0 N–H and O–H groups in total. The van der Waals surface area contributed by atoms with Crippen molar-refractivity contribution >= 4 is 23.2 Å². The molecule has 0 bridgehead atoms. The van der Waals surface area contributed by atoms with E-state index in [0.29, 0.717) is 29.6 Å². The highest BCUT2D eigenvalue weighted by molar-refractivity contribution is 7.17. The highest BCUT2D eigenvalue weighted by Gasteiger charge is 2.33. The van der Waals surface area contributed by atoms with Gasteiger partial charge in [-0.1, -0.05) is 6.92 Å². The van der Waals surface area contributed by atoms with Gasteiger partial charge in [0.25, 0.3) is 5.91 Å². The summed E-state index contributed by atoms with van der Waals surface area (Å²) in [5, 5.41) is 0.733. The highest BCUT2D eigenvalue weighted by Crippen LogP contribution is 2.32. The number of carbonyl (C=O) groups excluding carboxylic acids is 2. The summed E-state index contributed by atoms with van der Waals surface area (Å²) in [6.45, 7) is 7.03. The van der Waals surface area contributed by atoms with Crippen molar-refractivity contribution in [1.29, 1.82) is 0 Å². The number of piperidine rings is 2. The van der Waals surface area contributed by atoms with Crippen LogP contribution in [0.5, 0.6) is 0 Å². The summed E-state index contributed by atoms with van der Waals surface area (Å²) in [7, 11) is 0. The summed E-state index contributed by atoms with van der Waals surface area (Å²) in [4.78, 5) is 35.1. The topological polar surface area (TPSA) is 53.5 Å². The Morgan fingerprint density at radius 2 is 1.68 bits per heavy atom. The first-order valence-corrected chi connectivity index (χ1v) is 12.1. The van der Waals surface area contributed by atoms with E-state index in [4.69, 9.17) is 0 Å². The summed E-state index contributed by atoms with van der Waals surface area (Å²) in [6, 6.07) is 6.19. The molecule has 31 heavy (non-hydrogen) atoms. The minimum atomic E-state index is -0.288. The van der Waals surface area contributed by atoms with Gasteiger partial charge in [-0.25, -0.2) is 9.37 Å². The van der Waals surface area contributed by atoms with Gasteiger partial charge in [-0.05, 0) is 69.2 Å². The molecule has 0 spiro atoms. The molecule has 2 aliphatic heterocycles. The predicted octanol–water partition coefficient (Wildman–Crippen LogP) is 4.76. The van der Waals surface area contributed by atoms with E-state index in [0.717, 1.165) is 49.3 Å². The van der Waals surface area contributed by atoms with E-state index in [2.05, 4.69) is 11.9 Å². The van der Waals surface area contributed by atoms with Crippen molar-refractivity contribution in [3.8, 4) is 10.6 Å². The van der Waals surface area contributed by atoms with Gasteiger partial charge in [0.05, 0.1) is 5.69 Å². The third kappa shape index (κ3) is 4.81. The van der Waals surface area contributed by atoms with Crippen molar-refractivity contribution in [2.75, 3.05) is 26.2 Å². The van der Waals surface area contributed by atoms with Crippen LogP contribution in [0.1, 0.15) is 54.4 Å². The van der Waals surface area contributed by atoms with Crippen LogP contribution in [0.15, 0.2) is 24.3 Å². The maximum Gasteiger partial charge on any atom is 0.265 e. The lowest BCUT2D eigenvalue weighted by molar-refractivity contribution is -0.138. The Morgan fingerprint density at radius 1 is 1.03 bits per heavy atom. The van der Waals surface area contributed by atoms with Crippen LogP contribution in [0.25, 0.3) is 10.6 Å². The zero-order valence-corrected chi connectivity index (χ0v) is 19.1. The maximum absolute atomic E-state index is 13.2. The molecular formula is C24H30FN3O2S. The van der Waals surface area contributed by atoms with Crippen molar-refractivity contribution in [3.63, 3.8) is 0 Å². The summed E-state index contributed by atoms with van der Waals surface area (Å²) in [6.07, 6.45) is 5.15. The maximum atomic E-state index is 13.2. The average molecular weight is 444 g/mol. The molecule has 2 aliphatic rings. The second-order valence-corrected chi connectivity index (χ2v) is 9.74. The van der Waals surface area contributed by atoms with Gasteiger partial charge in [0.1, 0.15) is 15.7 Å². The van der Waals surface area contributed by atoms with E-state index in [-0.39, 0.29) is 23.5 Å². The Bertz CT molecular complexity index is 929. The van der Waals surface area contributed by atoms with E-state index in [9.17, 15) is 14.0 Å². The molecule has 166 valence electrons. The third-order valence-corrected chi connectivity index (χ3v) is 7.87. The van der Waals surface area contributed by atoms with Crippen LogP contribution in [-0.4, -0.2) is 52.8 Å². The molecule has 0 aliphatic carbocycles. The molecule has 3 heterocycles. The minimum Gasteiger partial charge on any atom is -0.342 e. The second-order valence-electron chi connectivity index (χ2n) is 8.74. The van der Waals surface area contributed by atoms with Crippen molar-refractivity contribution in [2.45, 2.75) is 46.0 Å². The number of nitrogens with zero attached hydrogens (tertiary/aromatic N) is 3. The van der Waals surface area contributed by atoms with E-state index in [1.54, 1.807) is 12.1 Å². The van der Waals surface area contributed by atoms with Gasteiger partial charge in [-0.3, -0.25) is 9.59 Å². The first-order valence-electron chi connectivity index (χ1n) is 11.3. The number of hydrogen-bond donors (Lipinski definition) is 0. The number of amides is 2. The fourth-order valence-corrected chi connectivity index (χ4v) is 5.70. The van der Waals surface area contributed by atoms with Crippen LogP contribution < -0.4 is 0 Å². The van der Waals surface area contributed by atoms with Crippen molar-refractivity contribution in [1.82, 2.24) is 14.8 Å². The van der Waals surface area contributed by atoms with E-state index in [1.165, 1.54) is 29.9 Å². The number of carbonyl (C=O) groups is 2. The quantitative estimate of drug-likeness (QED) is 0.685. The predicted molar refractivity (Wildman–Crippen MR) is 120 cm³/mol. The van der Waals surface area contributed by atoms with Crippen LogP contribution in [-0.2, 0) is 4.79 Å². The lowest BCUT2D eigenvalue weighted by Crippen LogP contribution is -2.45. The molecule has 7 heteroatoms. The first kappa shape index (κ1) is 21.9. The molecule has 4 rings (SSSR count). The molecule has 5 nitrogen and oxygen atoms in total. The van der Waals surface area contributed by atoms with Crippen LogP contribution in [0.3, 0.4) is 0 Å². The molecule has 1 unspecified atom stereocenters. The summed E-state index contributed by atoms with van der Waals surface area (Å²) < 4.78 is 13.2. The number of benzene rings is 1. The van der Waals surface area contributed by atoms with Crippen LogP contribution in [0, 0.1) is 24.6 Å². The smallest absolute Gasteiger partial charge is 0.265 e. The lowest BCUT2D eigenvalue weighted by atomic mass is 9.84. The Labute approximate surface area is 187 Å². The standard InChI is InChI=1S/C24H30FN3O2S/c1-16(23(29)27-12-4-3-5-13-27)18-10-14-28(15-11-18)24(30)21-17(2)26-22(31-21)19-6-8-20(25)9-7-19/h6-9,16,18H,3-5,10-15H2,1-2H3. The Morgan fingerprint density at radius 3 is 2.32 bits per heavy atom. The monoisotopic (exact) mass is 443 g/mol. The summed E-state index contributed by atoms with van der Waals surface area (Å²) >= 11 is 1.37. The van der Waals surface area contributed by atoms with E-state index < -0.39 is 0 Å². The van der Waals surface area contributed by atoms with Crippen LogP contribution in [0.4, 0.5) is 4.39 Å². The lowest BCUT2D eigenvalue weighted by Gasteiger charge is -2.37. The van der Waals surface area contributed by atoms with Gasteiger partial charge < -0.3 is 9.80 Å². The molecule has 1 aromatic carbocycles. The van der Waals surface area contributed by atoms with Crippen LogP contribution >= 0.6 is 11.3 Å². The number of aromatic nitrogens is 1. The minimum absolute atomic E-state index is 0.0109. The summed E-state index contributed by atoms with van der Waals surface area (Å²) in [5.41, 5.74) is 1.53. The van der Waals surface area contributed by atoms with Gasteiger partial charge >= 0.3 is 0 Å². The SMILES string of the molecule is Cc1nc(-c2ccc(F)cc2)sc1C(=O)N1CCC(C(C)C(=O)N2CCCCC2)CC1. The zero-order valence-electron chi connectivity index (χ0n) is 18.3. The van der Waals surface area contributed by atoms with Gasteiger partial charge in [0.15, 0.2) is 0 Å². The van der Waals surface area contributed by atoms with Gasteiger partial charge in [0, 0.05) is 37.7 Å². The Kier molecular flexibility index (Phi) is 6.70. The molecule has 1 atom stereocenters. The summed E-state index contributed by atoms with van der Waals surface area (Å²) in [5.74, 6) is 0.356. The average Bonchev–Trinajstić information content (AvgIpc) is 3.20.